The number of benzene rings is 1. The first-order valence-electron chi connectivity index (χ1n) is 7.43. The number of halogens is 1. The fraction of sp³-hybridized carbons (Fsp3) is 0.625. The molecule has 0 aliphatic carbocycles. The summed E-state index contributed by atoms with van der Waals surface area (Å²) in [6.07, 6.45) is 1.52. The molecule has 0 aromatic heterocycles. The molecular weight excluding hydrogens is 273 g/mol. The fourth-order valence-electron chi connectivity index (χ4n) is 2.46. The highest BCUT2D eigenvalue weighted by Crippen LogP contribution is 2.23. The van der Waals surface area contributed by atoms with E-state index in [2.05, 4.69) is 12.2 Å². The van der Waals surface area contributed by atoms with Crippen LogP contribution in [-0.2, 0) is 16.1 Å². The Labute approximate surface area is 125 Å². The minimum atomic E-state index is -0.609. The van der Waals surface area contributed by atoms with E-state index in [0.717, 1.165) is 26.0 Å². The van der Waals surface area contributed by atoms with Crippen molar-refractivity contribution in [3.8, 4) is 0 Å². The van der Waals surface area contributed by atoms with Crippen molar-refractivity contribution in [3.63, 3.8) is 0 Å². The maximum atomic E-state index is 13.4. The number of aliphatic hydroxyl groups is 1. The third-order valence-corrected chi connectivity index (χ3v) is 3.71. The normalized spacial score (nSPS) is 23.4. The van der Waals surface area contributed by atoms with E-state index in [1.807, 2.05) is 0 Å². The van der Waals surface area contributed by atoms with Gasteiger partial charge in [-0.25, -0.2) is 4.39 Å². The number of aliphatic hydroxyl groups excluding tert-OH is 1. The monoisotopic (exact) mass is 297 g/mol. The zero-order valence-electron chi connectivity index (χ0n) is 12.5. The second kappa shape index (κ2) is 7.84. The van der Waals surface area contributed by atoms with Crippen molar-refractivity contribution in [2.24, 2.45) is 0 Å². The molecule has 1 aromatic carbocycles. The van der Waals surface area contributed by atoms with Crippen molar-refractivity contribution < 1.29 is 19.0 Å². The summed E-state index contributed by atoms with van der Waals surface area (Å²) in [5, 5.41) is 13.0. The SMILES string of the molecule is CC1(CNCC(O)COCc2ccccc2F)CCCO1. The molecule has 2 unspecified atom stereocenters. The topological polar surface area (TPSA) is 50.7 Å². The lowest BCUT2D eigenvalue weighted by Crippen LogP contribution is -2.41. The smallest absolute Gasteiger partial charge is 0.128 e. The molecule has 0 saturated carbocycles. The average Bonchev–Trinajstić information content (AvgIpc) is 2.88. The first-order valence-corrected chi connectivity index (χ1v) is 7.43. The van der Waals surface area contributed by atoms with E-state index in [1.165, 1.54) is 6.07 Å². The van der Waals surface area contributed by atoms with E-state index < -0.39 is 6.10 Å². The largest absolute Gasteiger partial charge is 0.389 e. The van der Waals surface area contributed by atoms with Crippen molar-refractivity contribution in [1.82, 2.24) is 5.32 Å². The minimum absolute atomic E-state index is 0.117. The molecule has 1 aliphatic rings. The molecule has 1 heterocycles. The number of hydrogen-bond donors (Lipinski definition) is 2. The maximum absolute atomic E-state index is 13.4. The van der Waals surface area contributed by atoms with E-state index in [0.29, 0.717) is 12.1 Å². The molecular formula is C16H24FNO3. The Hall–Kier alpha value is -1.01. The van der Waals surface area contributed by atoms with Crippen molar-refractivity contribution in [3.05, 3.63) is 35.6 Å². The van der Waals surface area contributed by atoms with E-state index in [-0.39, 0.29) is 24.6 Å². The third-order valence-electron chi connectivity index (χ3n) is 3.71. The molecule has 0 spiro atoms. The number of ether oxygens (including phenoxy) is 2. The summed E-state index contributed by atoms with van der Waals surface area (Å²) in [4.78, 5) is 0. The minimum Gasteiger partial charge on any atom is -0.389 e. The molecule has 2 atom stereocenters. The van der Waals surface area contributed by atoms with Crippen LogP contribution in [0.1, 0.15) is 25.3 Å². The molecule has 0 bridgehead atoms. The number of hydrogen-bond acceptors (Lipinski definition) is 4. The Balaban J connectivity index is 1.59. The van der Waals surface area contributed by atoms with Crippen LogP contribution in [-0.4, -0.2) is 43.1 Å². The zero-order chi connectivity index (χ0) is 15.1. The molecule has 0 radical (unpaired) electrons. The van der Waals surface area contributed by atoms with Gasteiger partial charge in [0, 0.05) is 25.3 Å². The van der Waals surface area contributed by atoms with Crippen molar-refractivity contribution in [1.29, 1.82) is 0 Å². The molecule has 2 N–H and O–H groups in total. The van der Waals surface area contributed by atoms with Crippen LogP contribution in [0.5, 0.6) is 0 Å². The Morgan fingerprint density at radius 3 is 3.00 bits per heavy atom. The van der Waals surface area contributed by atoms with Crippen LogP contribution in [0.3, 0.4) is 0 Å². The molecule has 118 valence electrons. The molecule has 1 aliphatic heterocycles. The summed E-state index contributed by atoms with van der Waals surface area (Å²) in [5.41, 5.74) is 0.387. The van der Waals surface area contributed by atoms with Gasteiger partial charge in [-0.15, -0.1) is 0 Å². The van der Waals surface area contributed by atoms with Gasteiger partial charge >= 0.3 is 0 Å². The van der Waals surface area contributed by atoms with Gasteiger partial charge in [-0.05, 0) is 25.8 Å². The lowest BCUT2D eigenvalue weighted by Gasteiger charge is -2.24. The third kappa shape index (κ3) is 5.36. The lowest BCUT2D eigenvalue weighted by molar-refractivity contribution is 0.00781. The maximum Gasteiger partial charge on any atom is 0.128 e. The average molecular weight is 297 g/mol. The first kappa shape index (κ1) is 16.4. The van der Waals surface area contributed by atoms with Crippen molar-refractivity contribution in [2.75, 3.05) is 26.3 Å². The zero-order valence-corrected chi connectivity index (χ0v) is 12.5. The van der Waals surface area contributed by atoms with Crippen LogP contribution in [0.2, 0.25) is 0 Å². The summed E-state index contributed by atoms with van der Waals surface area (Å²) in [6.45, 7) is 4.40. The highest BCUT2D eigenvalue weighted by atomic mass is 19.1. The van der Waals surface area contributed by atoms with Crippen LogP contribution in [0.25, 0.3) is 0 Å². The summed E-state index contributed by atoms with van der Waals surface area (Å²) in [6, 6.07) is 6.49. The molecule has 0 amide bonds. The molecule has 5 heteroatoms. The highest BCUT2D eigenvalue weighted by Gasteiger charge is 2.29. The van der Waals surface area contributed by atoms with Gasteiger partial charge in [0.25, 0.3) is 0 Å². The second-order valence-corrected chi connectivity index (χ2v) is 5.79. The van der Waals surface area contributed by atoms with Gasteiger partial charge < -0.3 is 19.9 Å². The van der Waals surface area contributed by atoms with E-state index in [9.17, 15) is 9.50 Å². The van der Waals surface area contributed by atoms with Gasteiger partial charge in [-0.1, -0.05) is 18.2 Å². The van der Waals surface area contributed by atoms with Gasteiger partial charge in [-0.2, -0.15) is 0 Å². The van der Waals surface area contributed by atoms with Crippen molar-refractivity contribution >= 4 is 0 Å². The highest BCUT2D eigenvalue weighted by molar-refractivity contribution is 5.16. The van der Waals surface area contributed by atoms with Crippen LogP contribution >= 0.6 is 0 Å². The Morgan fingerprint density at radius 1 is 1.48 bits per heavy atom. The Kier molecular flexibility index (Phi) is 6.11. The van der Waals surface area contributed by atoms with Crippen molar-refractivity contribution in [2.45, 2.75) is 38.1 Å². The van der Waals surface area contributed by atoms with Gasteiger partial charge in [0.2, 0.25) is 0 Å². The van der Waals surface area contributed by atoms with E-state index >= 15 is 0 Å². The summed E-state index contributed by atoms with van der Waals surface area (Å²) in [5.74, 6) is -0.281. The van der Waals surface area contributed by atoms with E-state index in [4.69, 9.17) is 9.47 Å². The molecule has 1 fully saturated rings. The Bertz CT molecular complexity index is 435. The molecule has 1 saturated heterocycles. The quantitative estimate of drug-likeness (QED) is 0.769. The Morgan fingerprint density at radius 2 is 2.29 bits per heavy atom. The predicted octanol–water partition coefficient (Wildman–Crippen LogP) is 1.86. The van der Waals surface area contributed by atoms with Crippen LogP contribution in [0.4, 0.5) is 4.39 Å². The van der Waals surface area contributed by atoms with Gasteiger partial charge in [0.1, 0.15) is 5.82 Å². The molecule has 1 aromatic rings. The number of nitrogens with one attached hydrogen (secondary N) is 1. The number of rotatable bonds is 8. The predicted molar refractivity (Wildman–Crippen MR) is 78.5 cm³/mol. The first-order chi connectivity index (χ1) is 10.1. The van der Waals surface area contributed by atoms with Gasteiger partial charge in [0.15, 0.2) is 0 Å². The molecule has 21 heavy (non-hydrogen) atoms. The second-order valence-electron chi connectivity index (χ2n) is 5.79. The summed E-state index contributed by atoms with van der Waals surface area (Å²) >= 11 is 0. The van der Waals surface area contributed by atoms with Crippen LogP contribution in [0.15, 0.2) is 24.3 Å². The van der Waals surface area contributed by atoms with Crippen LogP contribution < -0.4 is 5.32 Å². The molecule has 4 nitrogen and oxygen atoms in total. The van der Waals surface area contributed by atoms with Gasteiger partial charge in [0.05, 0.1) is 24.9 Å². The van der Waals surface area contributed by atoms with Crippen LogP contribution in [0, 0.1) is 5.82 Å². The standard InChI is InChI=1S/C16H24FNO3/c1-16(7-4-8-21-16)12-18-9-14(19)11-20-10-13-5-2-3-6-15(13)17/h2-3,5-6,14,18-19H,4,7-12H2,1H3. The molecule has 2 rings (SSSR count). The summed E-state index contributed by atoms with van der Waals surface area (Å²) in [7, 11) is 0. The fourth-order valence-corrected chi connectivity index (χ4v) is 2.46. The van der Waals surface area contributed by atoms with E-state index in [1.54, 1.807) is 18.2 Å². The summed E-state index contributed by atoms with van der Waals surface area (Å²) < 4.78 is 24.4. The lowest BCUT2D eigenvalue weighted by atomic mass is 10.0. The van der Waals surface area contributed by atoms with Gasteiger partial charge in [-0.3, -0.25) is 0 Å².